The lowest BCUT2D eigenvalue weighted by molar-refractivity contribution is 0.552. The monoisotopic (exact) mass is 104 g/mol. The summed E-state index contributed by atoms with van der Waals surface area (Å²) in [6.45, 7) is 0. The van der Waals surface area contributed by atoms with Gasteiger partial charge in [0.15, 0.2) is 0 Å². The third-order valence-electron chi connectivity index (χ3n) is 2.54. The van der Waals surface area contributed by atoms with Gasteiger partial charge in [0.05, 0.1) is 0 Å². The lowest BCUT2D eigenvalue weighted by Crippen LogP contribution is -2.16. The van der Waals surface area contributed by atoms with Crippen molar-refractivity contribution in [2.45, 2.75) is 12.8 Å². The van der Waals surface area contributed by atoms with E-state index in [2.05, 4.69) is 12.2 Å². The minimum absolute atomic E-state index is 0.920. The predicted octanol–water partition coefficient (Wildman–Crippen LogP) is 1.89. The summed E-state index contributed by atoms with van der Waals surface area (Å²) >= 11 is 0. The van der Waals surface area contributed by atoms with Gasteiger partial charge in [-0.2, -0.15) is 0 Å². The lowest BCUT2D eigenvalue weighted by atomic mass is 9.75. The summed E-state index contributed by atoms with van der Waals surface area (Å²) in [7, 11) is 0. The van der Waals surface area contributed by atoms with Gasteiger partial charge in [0.25, 0.3) is 0 Å². The quantitative estimate of drug-likeness (QED) is 0.412. The first-order valence-electron chi connectivity index (χ1n) is 3.34. The zero-order valence-corrected chi connectivity index (χ0v) is 4.72. The summed E-state index contributed by atoms with van der Waals surface area (Å²) in [5.41, 5.74) is 3.47. The van der Waals surface area contributed by atoms with E-state index < -0.39 is 0 Å². The molecule has 40 valence electrons. The van der Waals surface area contributed by atoms with Crippen molar-refractivity contribution in [3.63, 3.8) is 0 Å². The van der Waals surface area contributed by atoms with Crippen LogP contribution in [0.2, 0.25) is 0 Å². The lowest BCUT2D eigenvalue weighted by Gasteiger charge is -2.30. The number of rotatable bonds is 0. The molecule has 4 rings (SSSR count). The minimum Gasteiger partial charge on any atom is -0.0777 e. The molecule has 0 amide bonds. The summed E-state index contributed by atoms with van der Waals surface area (Å²) in [6, 6.07) is 0. The predicted molar refractivity (Wildman–Crippen MR) is 32.4 cm³/mol. The Kier molecular flexibility index (Phi) is 0.355. The highest BCUT2D eigenvalue weighted by Crippen LogP contribution is 2.54. The van der Waals surface area contributed by atoms with Crippen LogP contribution in [-0.4, -0.2) is 0 Å². The summed E-state index contributed by atoms with van der Waals surface area (Å²) in [5, 5.41) is 0. The Morgan fingerprint density at radius 1 is 1.12 bits per heavy atom. The Labute approximate surface area is 48.9 Å². The molecule has 0 nitrogen and oxygen atoms in total. The van der Waals surface area contributed by atoms with E-state index in [-0.39, 0.29) is 0 Å². The Morgan fingerprint density at radius 2 is 1.75 bits per heavy atom. The highest BCUT2D eigenvalue weighted by atomic mass is 14.5. The Morgan fingerprint density at radius 3 is 2.25 bits per heavy atom. The summed E-state index contributed by atoms with van der Waals surface area (Å²) in [4.78, 5) is 0. The van der Waals surface area contributed by atoms with E-state index in [4.69, 9.17) is 0 Å². The van der Waals surface area contributed by atoms with Gasteiger partial charge in [-0.3, -0.25) is 0 Å². The Bertz CT molecular complexity index is 208. The molecule has 0 aromatic heterocycles. The van der Waals surface area contributed by atoms with E-state index >= 15 is 0 Å². The van der Waals surface area contributed by atoms with E-state index in [1.807, 2.05) is 0 Å². The molecule has 0 heterocycles. The molecule has 0 aliphatic heterocycles. The van der Waals surface area contributed by atoms with E-state index in [0.29, 0.717) is 0 Å². The van der Waals surface area contributed by atoms with Crippen molar-refractivity contribution < 1.29 is 0 Å². The highest BCUT2D eigenvalue weighted by Gasteiger charge is 2.41. The van der Waals surface area contributed by atoms with Gasteiger partial charge >= 0.3 is 0 Å². The standard InChI is InChI=1S/C8H8/c1-5-2-6(1)8-4-7(8)3-5/h1,4,6-7H,2-3H2. The molecule has 2 atom stereocenters. The maximum absolute atomic E-state index is 2.44. The van der Waals surface area contributed by atoms with Gasteiger partial charge in [0.2, 0.25) is 0 Å². The minimum atomic E-state index is 0.920. The molecular weight excluding hydrogens is 96.1 g/mol. The molecule has 4 aliphatic carbocycles. The third-order valence-corrected chi connectivity index (χ3v) is 2.54. The fourth-order valence-corrected chi connectivity index (χ4v) is 1.94. The van der Waals surface area contributed by atoms with Crippen LogP contribution in [0.15, 0.2) is 23.3 Å². The molecule has 0 heteroatoms. The first-order chi connectivity index (χ1) is 3.93. The molecule has 2 unspecified atom stereocenters. The topological polar surface area (TPSA) is 0 Å². The average Bonchev–Trinajstić information content (AvgIpc) is 2.35. The van der Waals surface area contributed by atoms with Gasteiger partial charge in [-0.05, 0) is 12.8 Å². The second-order valence-corrected chi connectivity index (χ2v) is 3.11. The van der Waals surface area contributed by atoms with Crippen molar-refractivity contribution in [3.05, 3.63) is 23.3 Å². The van der Waals surface area contributed by atoms with Crippen LogP contribution in [0.5, 0.6) is 0 Å². The van der Waals surface area contributed by atoms with E-state index in [0.717, 1.165) is 11.8 Å². The van der Waals surface area contributed by atoms with Crippen LogP contribution >= 0.6 is 0 Å². The normalized spacial score (nSPS) is 46.0. The molecule has 0 aromatic rings. The molecule has 4 aliphatic rings. The molecule has 8 heavy (non-hydrogen) atoms. The van der Waals surface area contributed by atoms with Gasteiger partial charge in [-0.1, -0.05) is 23.3 Å². The first kappa shape index (κ1) is 3.49. The van der Waals surface area contributed by atoms with Crippen molar-refractivity contribution in [3.8, 4) is 0 Å². The van der Waals surface area contributed by atoms with Gasteiger partial charge in [-0.15, -0.1) is 0 Å². The zero-order valence-electron chi connectivity index (χ0n) is 4.72. The Hall–Kier alpha value is -0.520. The van der Waals surface area contributed by atoms with Gasteiger partial charge < -0.3 is 0 Å². The van der Waals surface area contributed by atoms with Gasteiger partial charge in [0.1, 0.15) is 0 Å². The van der Waals surface area contributed by atoms with E-state index in [9.17, 15) is 0 Å². The van der Waals surface area contributed by atoms with Crippen molar-refractivity contribution in [1.29, 1.82) is 0 Å². The molecule has 0 N–H and O–H groups in total. The van der Waals surface area contributed by atoms with Crippen molar-refractivity contribution in [1.82, 2.24) is 0 Å². The second-order valence-electron chi connectivity index (χ2n) is 3.11. The first-order valence-corrected chi connectivity index (χ1v) is 3.34. The third kappa shape index (κ3) is 0.238. The molecule has 1 fully saturated rings. The molecule has 0 spiro atoms. The number of allylic oxidation sites excluding steroid dienone is 4. The molecule has 1 saturated carbocycles. The largest absolute Gasteiger partial charge is 0.0777 e. The SMILES string of the molecule is C1=C2CC1C1=CC1C2. The molecule has 0 radical (unpaired) electrons. The van der Waals surface area contributed by atoms with E-state index in [1.54, 1.807) is 11.1 Å². The van der Waals surface area contributed by atoms with Crippen LogP contribution in [0.1, 0.15) is 12.8 Å². The highest BCUT2D eigenvalue weighted by molar-refractivity contribution is 5.47. The van der Waals surface area contributed by atoms with Crippen LogP contribution in [0.25, 0.3) is 0 Å². The smallest absolute Gasteiger partial charge is 0.00233 e. The van der Waals surface area contributed by atoms with Gasteiger partial charge in [0, 0.05) is 11.8 Å². The van der Waals surface area contributed by atoms with Crippen LogP contribution in [-0.2, 0) is 0 Å². The fraction of sp³-hybridized carbons (Fsp3) is 0.500. The summed E-state index contributed by atoms with van der Waals surface area (Å²) < 4.78 is 0. The maximum atomic E-state index is 2.44. The van der Waals surface area contributed by atoms with Crippen LogP contribution < -0.4 is 0 Å². The van der Waals surface area contributed by atoms with Crippen molar-refractivity contribution in [2.75, 3.05) is 0 Å². The maximum Gasteiger partial charge on any atom is 0.00233 e. The van der Waals surface area contributed by atoms with Crippen molar-refractivity contribution >= 4 is 0 Å². The second kappa shape index (κ2) is 0.812. The Balaban J connectivity index is 2.13. The number of hydrogen-bond acceptors (Lipinski definition) is 0. The average molecular weight is 104 g/mol. The molecule has 0 aromatic carbocycles. The molecular formula is C8H8. The van der Waals surface area contributed by atoms with Crippen LogP contribution in [0.4, 0.5) is 0 Å². The summed E-state index contributed by atoms with van der Waals surface area (Å²) in [5.74, 6) is 1.87. The molecule has 2 bridgehead atoms. The van der Waals surface area contributed by atoms with E-state index in [1.165, 1.54) is 12.8 Å². The van der Waals surface area contributed by atoms with Crippen LogP contribution in [0, 0.1) is 11.8 Å². The fourth-order valence-electron chi connectivity index (χ4n) is 1.94. The summed E-state index contributed by atoms with van der Waals surface area (Å²) in [6.07, 6.45) is 7.66. The zero-order chi connectivity index (χ0) is 5.14. The molecule has 0 saturated heterocycles. The van der Waals surface area contributed by atoms with Crippen molar-refractivity contribution in [2.24, 2.45) is 11.8 Å². The van der Waals surface area contributed by atoms with Gasteiger partial charge in [-0.25, -0.2) is 0 Å². The van der Waals surface area contributed by atoms with Crippen LogP contribution in [0.3, 0.4) is 0 Å². The number of hydrogen-bond donors (Lipinski definition) is 0.